The summed E-state index contributed by atoms with van der Waals surface area (Å²) in [7, 11) is 0. The van der Waals surface area contributed by atoms with Crippen LogP contribution in [-0.4, -0.2) is 44.6 Å². The molecule has 1 aromatic heterocycles. The molecular weight excluding hydrogens is 473 g/mol. The number of carbonyl (C=O) groups excluding carboxylic acids is 1. The van der Waals surface area contributed by atoms with Crippen LogP contribution >= 0.6 is 34.7 Å². The van der Waals surface area contributed by atoms with Gasteiger partial charge in [-0.25, -0.2) is 19.0 Å². The van der Waals surface area contributed by atoms with E-state index >= 15 is 0 Å². The number of halogens is 2. The number of amides is 2. The Balaban J connectivity index is 1.70. The van der Waals surface area contributed by atoms with Crippen molar-refractivity contribution in [2.24, 2.45) is 0 Å². The minimum absolute atomic E-state index is 0.234. The number of nitrogens with zero attached hydrogens (tertiary/aromatic N) is 3. The minimum atomic E-state index is -1.10. The normalized spacial score (nSPS) is 15.2. The Kier molecular flexibility index (Phi) is 6.83. The molecule has 2 amide bonds. The summed E-state index contributed by atoms with van der Waals surface area (Å²) in [6.45, 7) is 0.113. The average molecular weight is 492 g/mol. The van der Waals surface area contributed by atoms with E-state index in [-0.39, 0.29) is 12.6 Å². The number of hydrogen-bond acceptors (Lipinski definition) is 5. The molecule has 0 saturated heterocycles. The molecule has 4 rings (SSSR count). The maximum Gasteiger partial charge on any atom is 0.341 e. The zero-order chi connectivity index (χ0) is 22.7. The fourth-order valence-electron chi connectivity index (χ4n) is 3.66. The number of carboxylic acids is 1. The van der Waals surface area contributed by atoms with Gasteiger partial charge < -0.3 is 14.7 Å². The van der Waals surface area contributed by atoms with Gasteiger partial charge in [-0.1, -0.05) is 41.9 Å². The number of thiazole rings is 1. The van der Waals surface area contributed by atoms with E-state index in [4.69, 9.17) is 33.2 Å². The molecule has 0 radical (unpaired) electrons. The predicted molar refractivity (Wildman–Crippen MR) is 122 cm³/mol. The highest BCUT2D eigenvalue weighted by atomic mass is 35.5. The van der Waals surface area contributed by atoms with Gasteiger partial charge >= 0.3 is 12.0 Å². The Bertz CT molecular complexity index is 1130. The number of benzene rings is 2. The van der Waals surface area contributed by atoms with E-state index in [2.05, 4.69) is 4.98 Å². The Morgan fingerprint density at radius 1 is 1.25 bits per heavy atom. The summed E-state index contributed by atoms with van der Waals surface area (Å²) in [5, 5.41) is 9.50. The molecule has 166 valence electrons. The fraction of sp³-hybridized carbons (Fsp3) is 0.227. The van der Waals surface area contributed by atoms with Gasteiger partial charge in [0.2, 0.25) is 0 Å². The van der Waals surface area contributed by atoms with Gasteiger partial charge in [0.05, 0.1) is 28.7 Å². The van der Waals surface area contributed by atoms with Crippen molar-refractivity contribution in [2.45, 2.75) is 19.0 Å². The van der Waals surface area contributed by atoms with Gasteiger partial charge in [-0.15, -0.1) is 11.3 Å². The molecule has 0 fully saturated rings. The van der Waals surface area contributed by atoms with Gasteiger partial charge in [0.25, 0.3) is 0 Å². The maximum atomic E-state index is 13.4. The van der Waals surface area contributed by atoms with Crippen LogP contribution in [0, 0.1) is 0 Å². The van der Waals surface area contributed by atoms with Crippen LogP contribution in [0.5, 0.6) is 5.75 Å². The molecule has 3 aromatic rings. The first-order chi connectivity index (χ1) is 15.4. The zero-order valence-corrected chi connectivity index (χ0v) is 19.1. The molecule has 10 heteroatoms. The lowest BCUT2D eigenvalue weighted by atomic mass is 9.97. The number of hydrogen-bond donors (Lipinski definition) is 1. The summed E-state index contributed by atoms with van der Waals surface area (Å²) in [5.74, 6) is -0.763. The maximum absolute atomic E-state index is 13.4. The highest BCUT2D eigenvalue weighted by molar-refractivity contribution is 7.09. The van der Waals surface area contributed by atoms with Crippen LogP contribution in [-0.2, 0) is 17.8 Å². The van der Waals surface area contributed by atoms with Gasteiger partial charge in [-0.2, -0.15) is 0 Å². The number of carboxylic acid groups (broad SMARTS) is 1. The fourth-order valence-corrected chi connectivity index (χ4v) is 5.04. The molecule has 2 aromatic carbocycles. The Morgan fingerprint density at radius 2 is 2.03 bits per heavy atom. The number of aliphatic carboxylic acids is 1. The monoisotopic (exact) mass is 491 g/mol. The van der Waals surface area contributed by atoms with Gasteiger partial charge in [-0.05, 0) is 23.8 Å². The molecule has 0 spiro atoms. The Labute approximate surface area is 198 Å². The highest BCUT2D eigenvalue weighted by Gasteiger charge is 2.37. The summed E-state index contributed by atoms with van der Waals surface area (Å²) in [4.78, 5) is 31.4. The van der Waals surface area contributed by atoms with Crippen molar-refractivity contribution < 1.29 is 19.4 Å². The van der Waals surface area contributed by atoms with Crippen molar-refractivity contribution in [2.75, 3.05) is 13.2 Å². The smallest absolute Gasteiger partial charge is 0.341 e. The minimum Gasteiger partial charge on any atom is -0.482 e. The molecule has 32 heavy (non-hydrogen) atoms. The molecule has 1 unspecified atom stereocenters. The summed E-state index contributed by atoms with van der Waals surface area (Å²) in [5.41, 5.74) is 4.10. The average Bonchev–Trinajstić information content (AvgIpc) is 3.26. The summed E-state index contributed by atoms with van der Waals surface area (Å²) < 4.78 is 6.67. The molecule has 1 aliphatic heterocycles. The van der Waals surface area contributed by atoms with E-state index in [1.165, 1.54) is 11.3 Å². The van der Waals surface area contributed by atoms with E-state index < -0.39 is 18.6 Å². The van der Waals surface area contributed by atoms with Crippen LogP contribution in [0.3, 0.4) is 0 Å². The number of rotatable bonds is 6. The molecule has 1 aliphatic rings. The third-order valence-corrected chi connectivity index (χ3v) is 6.48. The molecule has 0 saturated carbocycles. The van der Waals surface area contributed by atoms with E-state index in [1.54, 1.807) is 28.6 Å². The van der Waals surface area contributed by atoms with Gasteiger partial charge in [0.15, 0.2) is 6.61 Å². The highest BCUT2D eigenvalue weighted by Crippen LogP contribution is 2.42. The van der Waals surface area contributed by atoms with Crippen LogP contribution in [0.15, 0.2) is 54.0 Å². The van der Waals surface area contributed by atoms with E-state index in [0.717, 1.165) is 20.6 Å². The second-order valence-corrected chi connectivity index (χ2v) is 8.89. The van der Waals surface area contributed by atoms with Crippen LogP contribution in [0.4, 0.5) is 4.79 Å². The number of fused-ring (bicyclic) bond motifs is 1. The Hall–Kier alpha value is -2.81. The Morgan fingerprint density at radius 3 is 2.78 bits per heavy atom. The van der Waals surface area contributed by atoms with Gasteiger partial charge in [0, 0.05) is 35.3 Å². The second kappa shape index (κ2) is 9.77. The lowest BCUT2D eigenvalue weighted by Crippen LogP contribution is -2.44. The van der Waals surface area contributed by atoms with Crippen molar-refractivity contribution in [1.29, 1.82) is 0 Å². The number of aromatic nitrogens is 1. The summed E-state index contributed by atoms with van der Waals surface area (Å²) in [6.07, 6.45) is 0.586. The molecule has 1 N–H and O–H groups in total. The van der Waals surface area contributed by atoms with Crippen LogP contribution in [0.2, 0.25) is 5.02 Å². The third-order valence-electron chi connectivity index (χ3n) is 5.06. The van der Waals surface area contributed by atoms with Gasteiger partial charge in [0.1, 0.15) is 5.75 Å². The molecule has 0 bridgehead atoms. The first-order valence-corrected chi connectivity index (χ1v) is 11.4. The topological polar surface area (TPSA) is 83.0 Å². The molecule has 1 atom stereocenters. The molecule has 7 nitrogen and oxygen atoms in total. The number of urea groups is 1. The van der Waals surface area contributed by atoms with E-state index in [1.807, 2.05) is 30.3 Å². The van der Waals surface area contributed by atoms with Crippen LogP contribution in [0.1, 0.15) is 27.7 Å². The largest absolute Gasteiger partial charge is 0.482 e. The van der Waals surface area contributed by atoms with Crippen LogP contribution < -0.4 is 4.74 Å². The quantitative estimate of drug-likeness (QED) is 0.491. The van der Waals surface area contributed by atoms with Crippen molar-refractivity contribution in [3.63, 3.8) is 0 Å². The molecule has 0 aliphatic carbocycles. The predicted octanol–water partition coefficient (Wildman–Crippen LogP) is 4.98. The lowest BCUT2D eigenvalue weighted by molar-refractivity contribution is -0.139. The van der Waals surface area contributed by atoms with Crippen LogP contribution in [0.25, 0.3) is 0 Å². The van der Waals surface area contributed by atoms with Crippen molar-refractivity contribution in [3.8, 4) is 5.75 Å². The number of ether oxygens (including phenoxy) is 1. The summed E-state index contributed by atoms with van der Waals surface area (Å²) in [6, 6.07) is 13.4. The van der Waals surface area contributed by atoms with Crippen molar-refractivity contribution in [1.82, 2.24) is 14.3 Å². The van der Waals surface area contributed by atoms with Crippen molar-refractivity contribution >= 4 is 46.7 Å². The standard InChI is InChI=1S/C22H19Cl2N3O4S/c23-15-6-7-18(31-12-19(28)29)16(10-15)20-21-17(25-13-32-21)8-9-26(20)22(30)27(24)11-14-4-2-1-3-5-14/h1-7,10,13,20H,8-9,11-12H2,(H,28,29). The third kappa shape index (κ3) is 4.82. The molecular formula is C22H19Cl2N3O4S. The SMILES string of the molecule is O=C(O)COc1ccc(Cl)cc1C1c2scnc2CCN1C(=O)N(Cl)Cc1ccccc1. The van der Waals surface area contributed by atoms with Gasteiger partial charge in [-0.3, -0.25) is 0 Å². The van der Waals surface area contributed by atoms with E-state index in [9.17, 15) is 9.59 Å². The first-order valence-electron chi connectivity index (χ1n) is 9.78. The lowest BCUT2D eigenvalue weighted by Gasteiger charge is -2.37. The second-order valence-electron chi connectivity index (χ2n) is 7.16. The van der Waals surface area contributed by atoms with E-state index in [0.29, 0.717) is 29.3 Å². The molecule has 2 heterocycles. The number of carbonyl (C=O) groups is 2. The zero-order valence-electron chi connectivity index (χ0n) is 16.8. The summed E-state index contributed by atoms with van der Waals surface area (Å²) >= 11 is 14.1. The van der Waals surface area contributed by atoms with Crippen molar-refractivity contribution in [3.05, 3.63) is 80.8 Å². The first kappa shape index (κ1) is 22.4.